The predicted octanol–water partition coefficient (Wildman–Crippen LogP) is 4.08. The molecule has 4 rings (SSSR count). The molecule has 2 fully saturated rings. The minimum atomic E-state index is -3.85. The molecule has 31 heavy (non-hydrogen) atoms. The summed E-state index contributed by atoms with van der Waals surface area (Å²) in [5.41, 5.74) is 1.94. The number of fused-ring (bicyclic) bond motifs is 2. The molecule has 168 valence electrons. The van der Waals surface area contributed by atoms with Crippen LogP contribution >= 0.6 is 0 Å². The Morgan fingerprint density at radius 2 is 1.03 bits per heavy atom. The summed E-state index contributed by atoms with van der Waals surface area (Å²) in [6.07, 6.45) is 3.01. The van der Waals surface area contributed by atoms with Crippen LogP contribution in [-0.4, -0.2) is 30.0 Å². The van der Waals surface area contributed by atoms with Crippen molar-refractivity contribution < 1.29 is 25.2 Å². The van der Waals surface area contributed by atoms with Gasteiger partial charge in [-0.15, -0.1) is 0 Å². The van der Waals surface area contributed by atoms with Gasteiger partial charge in [-0.25, -0.2) is 0 Å². The maximum atomic E-state index is 12.6. The van der Waals surface area contributed by atoms with E-state index in [0.717, 1.165) is 30.4 Å². The van der Waals surface area contributed by atoms with Crippen LogP contribution in [0.4, 0.5) is 0 Å². The highest BCUT2D eigenvalue weighted by Crippen LogP contribution is 2.52. The molecule has 0 aromatic heterocycles. The lowest BCUT2D eigenvalue weighted by atomic mass is 9.80. The molecule has 0 radical (unpaired) electrons. The molecular weight excluding hydrogens is 436 g/mol. The van der Waals surface area contributed by atoms with E-state index in [9.17, 15) is 16.8 Å². The molecule has 8 heteroatoms. The maximum absolute atomic E-state index is 12.6. The summed E-state index contributed by atoms with van der Waals surface area (Å²) < 4.78 is 61.2. The van der Waals surface area contributed by atoms with Crippen LogP contribution in [0.2, 0.25) is 0 Å². The summed E-state index contributed by atoms with van der Waals surface area (Å²) in [7, 11) is -7.71. The Bertz CT molecular complexity index is 1030. The van der Waals surface area contributed by atoms with Crippen molar-refractivity contribution in [3.63, 3.8) is 0 Å². The second-order valence-corrected chi connectivity index (χ2v) is 12.0. The summed E-state index contributed by atoms with van der Waals surface area (Å²) in [5, 5.41) is 0. The van der Waals surface area contributed by atoms with E-state index in [2.05, 4.69) is 0 Å². The van der Waals surface area contributed by atoms with Gasteiger partial charge in [-0.1, -0.05) is 35.4 Å². The van der Waals surface area contributed by atoms with E-state index in [1.54, 1.807) is 48.5 Å². The molecule has 2 aliphatic carbocycles. The van der Waals surface area contributed by atoms with Gasteiger partial charge in [-0.3, -0.25) is 8.37 Å². The first-order chi connectivity index (χ1) is 14.7. The van der Waals surface area contributed by atoms with Crippen LogP contribution in [0.5, 0.6) is 0 Å². The molecule has 2 aromatic carbocycles. The fraction of sp³-hybridized carbons (Fsp3) is 0.478. The third-order valence-electron chi connectivity index (χ3n) is 6.73. The lowest BCUT2D eigenvalue weighted by Crippen LogP contribution is -2.31. The molecule has 0 heterocycles. The van der Waals surface area contributed by atoms with E-state index in [1.165, 1.54) is 0 Å². The van der Waals surface area contributed by atoms with Crippen LogP contribution in [0.3, 0.4) is 0 Å². The van der Waals surface area contributed by atoms with Crippen molar-refractivity contribution in [1.29, 1.82) is 0 Å². The molecular formula is C23H28O6S2. The van der Waals surface area contributed by atoms with Crippen LogP contribution in [-0.2, 0) is 28.6 Å². The molecule has 6 nitrogen and oxygen atoms in total. The lowest BCUT2D eigenvalue weighted by Gasteiger charge is -2.30. The van der Waals surface area contributed by atoms with E-state index >= 15 is 0 Å². The summed E-state index contributed by atoms with van der Waals surface area (Å²) in [5.74, 6) is 0.613. The normalized spacial score (nSPS) is 25.7. The van der Waals surface area contributed by atoms with Gasteiger partial charge in [0.05, 0.1) is 23.0 Å². The average molecular weight is 465 g/mol. The van der Waals surface area contributed by atoms with E-state index in [0.29, 0.717) is 11.8 Å². The zero-order valence-corrected chi connectivity index (χ0v) is 19.4. The minimum absolute atomic E-state index is 0.0350. The highest BCUT2D eigenvalue weighted by Gasteiger charge is 2.48. The smallest absolute Gasteiger partial charge is 0.266 e. The summed E-state index contributed by atoms with van der Waals surface area (Å²) in [6.45, 7) is 3.88. The Morgan fingerprint density at radius 1 is 0.677 bits per heavy atom. The number of hydrogen-bond donors (Lipinski definition) is 0. The zero-order valence-electron chi connectivity index (χ0n) is 17.7. The number of rotatable bonds is 8. The predicted molar refractivity (Wildman–Crippen MR) is 116 cm³/mol. The van der Waals surface area contributed by atoms with Gasteiger partial charge in [-0.05, 0) is 81.0 Å². The van der Waals surface area contributed by atoms with Crippen molar-refractivity contribution in [3.05, 3.63) is 59.7 Å². The van der Waals surface area contributed by atoms with Crippen LogP contribution in [0.1, 0.15) is 30.4 Å². The molecule has 2 bridgehead atoms. The molecule has 4 atom stereocenters. The highest BCUT2D eigenvalue weighted by molar-refractivity contribution is 7.87. The van der Waals surface area contributed by atoms with Crippen LogP contribution in [0, 0.1) is 37.5 Å². The molecule has 2 saturated carbocycles. The summed E-state index contributed by atoms with van der Waals surface area (Å²) >= 11 is 0. The van der Waals surface area contributed by atoms with E-state index in [-0.39, 0.29) is 34.8 Å². The van der Waals surface area contributed by atoms with Gasteiger partial charge >= 0.3 is 0 Å². The molecule has 0 spiro atoms. The Kier molecular flexibility index (Phi) is 6.27. The number of aryl methyl sites for hydroxylation is 2. The summed E-state index contributed by atoms with van der Waals surface area (Å²) in [4.78, 5) is 0.270. The Balaban J connectivity index is 1.43. The third-order valence-corrected chi connectivity index (χ3v) is 9.32. The number of benzene rings is 2. The Labute approximate surface area is 184 Å². The monoisotopic (exact) mass is 464 g/mol. The molecule has 0 saturated heterocycles. The summed E-state index contributed by atoms with van der Waals surface area (Å²) in [6, 6.07) is 13.1. The molecule has 0 aliphatic heterocycles. The van der Waals surface area contributed by atoms with E-state index in [4.69, 9.17) is 8.37 Å². The van der Waals surface area contributed by atoms with Gasteiger partial charge in [0.25, 0.3) is 20.2 Å². The quantitative estimate of drug-likeness (QED) is 0.547. The van der Waals surface area contributed by atoms with Gasteiger partial charge in [0.1, 0.15) is 0 Å². The molecule has 2 aromatic rings. The van der Waals surface area contributed by atoms with Crippen molar-refractivity contribution >= 4 is 20.2 Å². The maximum Gasteiger partial charge on any atom is 0.296 e. The first kappa shape index (κ1) is 22.5. The van der Waals surface area contributed by atoms with Crippen LogP contribution in [0.25, 0.3) is 0 Å². The van der Waals surface area contributed by atoms with Crippen LogP contribution < -0.4 is 0 Å². The Hall–Kier alpha value is -1.74. The van der Waals surface area contributed by atoms with Crippen molar-refractivity contribution in [3.8, 4) is 0 Å². The largest absolute Gasteiger partial charge is 0.296 e. The van der Waals surface area contributed by atoms with E-state index in [1.807, 2.05) is 13.8 Å². The topological polar surface area (TPSA) is 86.7 Å². The zero-order chi connectivity index (χ0) is 22.2. The Morgan fingerprint density at radius 3 is 1.39 bits per heavy atom. The number of hydrogen-bond acceptors (Lipinski definition) is 6. The molecule has 0 amide bonds. The fourth-order valence-electron chi connectivity index (χ4n) is 4.93. The van der Waals surface area contributed by atoms with Crippen molar-refractivity contribution in [2.75, 3.05) is 13.2 Å². The SMILES string of the molecule is Cc1ccc(S(=O)(=O)OC[C@H]2[C@@H]3CC[C@@H](C3)[C@@H]2COS(=O)(=O)c2ccc(C)cc2)cc1. The third kappa shape index (κ3) is 4.87. The molecule has 0 N–H and O–H groups in total. The second kappa shape index (κ2) is 8.65. The fourth-order valence-corrected chi connectivity index (χ4v) is 6.81. The van der Waals surface area contributed by atoms with Gasteiger partial charge < -0.3 is 0 Å². The van der Waals surface area contributed by atoms with Crippen molar-refractivity contribution in [1.82, 2.24) is 0 Å². The van der Waals surface area contributed by atoms with Gasteiger partial charge in [0.2, 0.25) is 0 Å². The van der Waals surface area contributed by atoms with Gasteiger partial charge in [-0.2, -0.15) is 16.8 Å². The van der Waals surface area contributed by atoms with Gasteiger partial charge in [0, 0.05) is 0 Å². The van der Waals surface area contributed by atoms with Crippen LogP contribution in [0.15, 0.2) is 58.3 Å². The van der Waals surface area contributed by atoms with Crippen molar-refractivity contribution in [2.45, 2.75) is 42.9 Å². The minimum Gasteiger partial charge on any atom is -0.266 e. The first-order valence-electron chi connectivity index (χ1n) is 10.6. The molecule has 0 unspecified atom stereocenters. The first-order valence-corrected chi connectivity index (χ1v) is 13.4. The average Bonchev–Trinajstić information content (AvgIpc) is 3.33. The lowest BCUT2D eigenvalue weighted by molar-refractivity contribution is 0.101. The van der Waals surface area contributed by atoms with Gasteiger partial charge in [0.15, 0.2) is 0 Å². The van der Waals surface area contributed by atoms with E-state index < -0.39 is 20.2 Å². The van der Waals surface area contributed by atoms with Crippen molar-refractivity contribution in [2.24, 2.45) is 23.7 Å². The highest BCUT2D eigenvalue weighted by atomic mass is 32.2. The molecule has 2 aliphatic rings. The standard InChI is InChI=1S/C23H28O6S2/c1-16-3-9-20(10-4-16)30(24,25)28-14-22-18-7-8-19(13-18)23(22)15-29-31(26,27)21-11-5-17(2)6-12-21/h3-6,9-12,18-19,22-23H,7-8,13-15H2,1-2H3/t18-,19+,22-,23-/m0/s1. The second-order valence-electron chi connectivity index (χ2n) is 8.76.